The monoisotopic (exact) mass is 224 g/mol. The summed E-state index contributed by atoms with van der Waals surface area (Å²) in [6.45, 7) is 0.611. The molecule has 78 valence electrons. The van der Waals surface area contributed by atoms with Crippen LogP contribution in [-0.4, -0.2) is 22.0 Å². The highest BCUT2D eigenvalue weighted by molar-refractivity contribution is 7.07. The summed E-state index contributed by atoms with van der Waals surface area (Å²) < 4.78 is 12.8. The van der Waals surface area contributed by atoms with Gasteiger partial charge in [0.2, 0.25) is 5.95 Å². The summed E-state index contributed by atoms with van der Waals surface area (Å²) in [5, 5.41) is 1.95. The molecule has 0 N–H and O–H groups in total. The smallest absolute Gasteiger partial charge is 0.218 e. The molecule has 0 saturated heterocycles. The Hall–Kier alpha value is -1.56. The first-order valence-corrected chi connectivity index (χ1v) is 5.26. The summed E-state index contributed by atoms with van der Waals surface area (Å²) in [5.74, 6) is 0.0284. The molecule has 0 radical (unpaired) electrons. The molecule has 0 atom stereocenters. The molecule has 0 aromatic carbocycles. The van der Waals surface area contributed by atoms with E-state index in [0.29, 0.717) is 12.4 Å². The van der Waals surface area contributed by atoms with Gasteiger partial charge < -0.3 is 4.90 Å². The lowest BCUT2D eigenvalue weighted by atomic mass is 10.4. The van der Waals surface area contributed by atoms with Crippen LogP contribution in [0.4, 0.5) is 10.2 Å². The van der Waals surface area contributed by atoms with Crippen LogP contribution in [0.3, 0.4) is 0 Å². The number of hydrogen-bond donors (Lipinski definition) is 0. The quantitative estimate of drug-likeness (QED) is 0.744. The number of anilines is 1. The van der Waals surface area contributed by atoms with E-state index >= 15 is 0 Å². The van der Waals surface area contributed by atoms with Crippen LogP contribution in [-0.2, 0) is 6.54 Å². The Balaban J connectivity index is 2.11. The zero-order valence-electron chi connectivity index (χ0n) is 8.09. The zero-order chi connectivity index (χ0) is 10.7. The van der Waals surface area contributed by atoms with Gasteiger partial charge in [0.15, 0.2) is 0 Å². The fourth-order valence-electron chi connectivity index (χ4n) is 1.17. The van der Waals surface area contributed by atoms with E-state index in [1.807, 2.05) is 17.3 Å². The van der Waals surface area contributed by atoms with Crippen LogP contribution in [0.2, 0.25) is 0 Å². The molecule has 2 aromatic rings. The van der Waals surface area contributed by atoms with Crippen molar-refractivity contribution in [3.05, 3.63) is 34.9 Å². The summed E-state index contributed by atoms with van der Waals surface area (Å²) in [4.78, 5) is 13.3. The topological polar surface area (TPSA) is 41.9 Å². The minimum atomic E-state index is -0.523. The lowest BCUT2D eigenvalue weighted by molar-refractivity contribution is 0.578. The predicted molar refractivity (Wildman–Crippen MR) is 56.2 cm³/mol. The SMILES string of the molecule is CN(Cc1cscn1)c1cc(F)ncn1. The lowest BCUT2D eigenvalue weighted by Crippen LogP contribution is -2.18. The van der Waals surface area contributed by atoms with E-state index in [0.717, 1.165) is 5.69 Å². The van der Waals surface area contributed by atoms with Gasteiger partial charge >= 0.3 is 0 Å². The number of hydrogen-bond acceptors (Lipinski definition) is 5. The van der Waals surface area contributed by atoms with Gasteiger partial charge in [-0.1, -0.05) is 0 Å². The Morgan fingerprint density at radius 2 is 2.27 bits per heavy atom. The number of thiazole rings is 1. The van der Waals surface area contributed by atoms with E-state index < -0.39 is 5.95 Å². The molecule has 0 amide bonds. The summed E-state index contributed by atoms with van der Waals surface area (Å²) in [6, 6.07) is 1.30. The fraction of sp³-hybridized carbons (Fsp3) is 0.222. The number of rotatable bonds is 3. The zero-order valence-corrected chi connectivity index (χ0v) is 8.91. The van der Waals surface area contributed by atoms with E-state index in [1.54, 1.807) is 5.51 Å². The summed E-state index contributed by atoms with van der Waals surface area (Å²) in [7, 11) is 1.83. The van der Waals surface area contributed by atoms with E-state index in [4.69, 9.17) is 0 Å². The summed E-state index contributed by atoms with van der Waals surface area (Å²) >= 11 is 1.54. The summed E-state index contributed by atoms with van der Waals surface area (Å²) in [5.41, 5.74) is 2.71. The first kappa shape index (κ1) is 9.97. The van der Waals surface area contributed by atoms with Crippen LogP contribution in [0, 0.1) is 5.95 Å². The van der Waals surface area contributed by atoms with Crippen LogP contribution >= 0.6 is 11.3 Å². The van der Waals surface area contributed by atoms with Crippen molar-refractivity contribution in [2.45, 2.75) is 6.54 Å². The van der Waals surface area contributed by atoms with Crippen molar-refractivity contribution in [2.24, 2.45) is 0 Å². The standard InChI is InChI=1S/C9H9FN4S/c1-14(3-7-4-15-6-13-7)9-2-8(10)11-5-12-9/h2,4-6H,3H2,1H3. The van der Waals surface area contributed by atoms with Crippen LogP contribution < -0.4 is 4.90 Å². The molecule has 4 nitrogen and oxygen atoms in total. The van der Waals surface area contributed by atoms with Crippen molar-refractivity contribution in [3.63, 3.8) is 0 Å². The number of halogens is 1. The first-order chi connectivity index (χ1) is 7.25. The van der Waals surface area contributed by atoms with Crippen LogP contribution in [0.25, 0.3) is 0 Å². The highest BCUT2D eigenvalue weighted by Gasteiger charge is 2.05. The number of aromatic nitrogens is 3. The molecular formula is C9H9FN4S. The van der Waals surface area contributed by atoms with Gasteiger partial charge in [-0.3, -0.25) is 0 Å². The number of nitrogens with zero attached hydrogens (tertiary/aromatic N) is 4. The minimum Gasteiger partial charge on any atom is -0.354 e. The Labute approximate surface area is 90.4 Å². The molecule has 6 heteroatoms. The Bertz CT molecular complexity index is 431. The maximum absolute atomic E-state index is 12.8. The van der Waals surface area contributed by atoms with Crippen molar-refractivity contribution in [1.82, 2.24) is 15.0 Å². The predicted octanol–water partition coefficient (Wildman–Crippen LogP) is 1.71. The third kappa shape index (κ3) is 2.47. The fourth-order valence-corrected chi connectivity index (χ4v) is 1.72. The van der Waals surface area contributed by atoms with Gasteiger partial charge in [-0.2, -0.15) is 4.39 Å². The van der Waals surface area contributed by atoms with Crippen LogP contribution in [0.1, 0.15) is 5.69 Å². The second-order valence-electron chi connectivity index (χ2n) is 3.03. The molecule has 2 rings (SSSR count). The molecule has 2 aromatic heterocycles. The average molecular weight is 224 g/mol. The average Bonchev–Trinajstić information content (AvgIpc) is 2.70. The molecule has 0 unspecified atom stereocenters. The molecule has 0 aliphatic carbocycles. The van der Waals surface area contributed by atoms with Crippen molar-refractivity contribution in [1.29, 1.82) is 0 Å². The van der Waals surface area contributed by atoms with Crippen LogP contribution in [0.15, 0.2) is 23.3 Å². The Morgan fingerprint density at radius 3 is 2.93 bits per heavy atom. The molecule has 0 fully saturated rings. The molecular weight excluding hydrogens is 215 g/mol. The molecule has 0 bridgehead atoms. The molecule has 2 heterocycles. The first-order valence-electron chi connectivity index (χ1n) is 4.31. The Morgan fingerprint density at radius 1 is 1.40 bits per heavy atom. The van der Waals surface area contributed by atoms with Crippen molar-refractivity contribution in [2.75, 3.05) is 11.9 Å². The molecule has 0 saturated carbocycles. The normalized spacial score (nSPS) is 10.3. The Kier molecular flexibility index (Phi) is 2.86. The molecule has 0 aliphatic heterocycles. The maximum Gasteiger partial charge on any atom is 0.218 e. The van der Waals surface area contributed by atoms with Gasteiger partial charge in [-0.15, -0.1) is 11.3 Å². The second-order valence-corrected chi connectivity index (χ2v) is 3.75. The molecule has 0 spiro atoms. The van der Waals surface area contributed by atoms with Gasteiger partial charge in [0.25, 0.3) is 0 Å². The third-order valence-electron chi connectivity index (χ3n) is 1.89. The maximum atomic E-state index is 12.8. The van der Waals surface area contributed by atoms with Gasteiger partial charge in [0.1, 0.15) is 12.1 Å². The lowest BCUT2D eigenvalue weighted by Gasteiger charge is -2.15. The van der Waals surface area contributed by atoms with Gasteiger partial charge in [-0.05, 0) is 0 Å². The summed E-state index contributed by atoms with van der Waals surface area (Å²) in [6.07, 6.45) is 1.21. The van der Waals surface area contributed by atoms with E-state index in [-0.39, 0.29) is 0 Å². The second kappa shape index (κ2) is 4.31. The van der Waals surface area contributed by atoms with Crippen molar-refractivity contribution >= 4 is 17.2 Å². The van der Waals surface area contributed by atoms with Crippen molar-refractivity contribution in [3.8, 4) is 0 Å². The van der Waals surface area contributed by atoms with E-state index in [9.17, 15) is 4.39 Å². The highest BCUT2D eigenvalue weighted by Crippen LogP contribution is 2.12. The van der Waals surface area contributed by atoms with E-state index in [2.05, 4.69) is 15.0 Å². The third-order valence-corrected chi connectivity index (χ3v) is 2.53. The molecule has 15 heavy (non-hydrogen) atoms. The van der Waals surface area contributed by atoms with Crippen molar-refractivity contribution < 1.29 is 4.39 Å². The van der Waals surface area contributed by atoms with Crippen LogP contribution in [0.5, 0.6) is 0 Å². The van der Waals surface area contributed by atoms with Gasteiger partial charge in [-0.25, -0.2) is 15.0 Å². The minimum absolute atomic E-state index is 0.523. The highest BCUT2D eigenvalue weighted by atomic mass is 32.1. The van der Waals surface area contributed by atoms with Gasteiger partial charge in [0.05, 0.1) is 17.7 Å². The molecule has 0 aliphatic rings. The van der Waals surface area contributed by atoms with E-state index in [1.165, 1.54) is 23.7 Å². The van der Waals surface area contributed by atoms with Gasteiger partial charge in [0, 0.05) is 18.5 Å². The largest absolute Gasteiger partial charge is 0.354 e.